The van der Waals surface area contributed by atoms with Crippen LogP contribution in [0.3, 0.4) is 0 Å². The summed E-state index contributed by atoms with van der Waals surface area (Å²) in [6.45, 7) is 2.38. The Morgan fingerprint density at radius 3 is 2.81 bits per heavy atom. The largest absolute Gasteiger partial charge is 0.489 e. The molecule has 3 heterocycles. The second-order valence-corrected chi connectivity index (χ2v) is 7.36. The predicted octanol–water partition coefficient (Wildman–Crippen LogP) is 0.921. The smallest absolute Gasteiger partial charge is 0.255 e. The van der Waals surface area contributed by atoms with Gasteiger partial charge in [0.25, 0.3) is 5.91 Å². The van der Waals surface area contributed by atoms with Crippen LogP contribution in [0, 0.1) is 0 Å². The molecule has 2 saturated heterocycles. The molecule has 0 aromatic heterocycles. The van der Waals surface area contributed by atoms with Crippen LogP contribution in [0.5, 0.6) is 5.75 Å². The third-order valence-corrected chi connectivity index (χ3v) is 5.38. The quantitative estimate of drug-likeness (QED) is 0.814. The first kappa shape index (κ1) is 17.0. The summed E-state index contributed by atoms with van der Waals surface area (Å²) in [5.41, 5.74) is 1.49. The highest BCUT2D eigenvalue weighted by atomic mass is 16.5. The summed E-state index contributed by atoms with van der Waals surface area (Å²) in [6.07, 6.45) is 2.95. The number of piperidine rings is 2. The van der Waals surface area contributed by atoms with Crippen molar-refractivity contribution in [2.75, 3.05) is 20.1 Å². The zero-order valence-electron chi connectivity index (χ0n) is 14.9. The second-order valence-electron chi connectivity index (χ2n) is 7.36. The molecule has 3 amide bonds. The Kier molecular flexibility index (Phi) is 4.40. The molecular weight excluding hydrogens is 334 g/mol. The minimum Gasteiger partial charge on any atom is -0.489 e. The summed E-state index contributed by atoms with van der Waals surface area (Å²) in [5.74, 6) is -0.0481. The number of hydrogen-bond donors (Lipinski definition) is 1. The zero-order chi connectivity index (χ0) is 18.3. The minimum absolute atomic E-state index is 0.154. The number of amides is 3. The lowest BCUT2D eigenvalue weighted by atomic mass is 10.0. The highest BCUT2D eigenvalue weighted by Gasteiger charge is 2.39. The third-order valence-electron chi connectivity index (χ3n) is 5.38. The maximum atomic E-state index is 12.7. The van der Waals surface area contributed by atoms with Crippen LogP contribution in [0.4, 0.5) is 0 Å². The second kappa shape index (κ2) is 6.72. The first-order chi connectivity index (χ1) is 12.5. The number of hydrogen-bond acceptors (Lipinski definition) is 5. The lowest BCUT2D eigenvalue weighted by Gasteiger charge is -2.30. The molecule has 2 fully saturated rings. The molecule has 26 heavy (non-hydrogen) atoms. The van der Waals surface area contributed by atoms with Gasteiger partial charge in [0.15, 0.2) is 0 Å². The van der Waals surface area contributed by atoms with Gasteiger partial charge in [0.2, 0.25) is 11.8 Å². The summed E-state index contributed by atoms with van der Waals surface area (Å²) >= 11 is 0. The molecule has 4 rings (SSSR count). The topological polar surface area (TPSA) is 79.0 Å². The van der Waals surface area contributed by atoms with Gasteiger partial charge in [0, 0.05) is 25.1 Å². The Morgan fingerprint density at radius 2 is 2.04 bits per heavy atom. The Hall–Kier alpha value is -2.41. The molecule has 0 saturated carbocycles. The number of likely N-dealkylation sites (tertiary alicyclic amines) is 1. The summed E-state index contributed by atoms with van der Waals surface area (Å²) in [4.78, 5) is 39.9. The van der Waals surface area contributed by atoms with Crippen molar-refractivity contribution in [2.45, 2.75) is 44.4 Å². The molecule has 2 atom stereocenters. The number of rotatable bonds is 3. The fourth-order valence-electron chi connectivity index (χ4n) is 4.03. The van der Waals surface area contributed by atoms with Crippen molar-refractivity contribution < 1.29 is 19.1 Å². The van der Waals surface area contributed by atoms with E-state index in [1.165, 1.54) is 0 Å². The molecule has 3 aliphatic heterocycles. The number of nitrogens with zero attached hydrogens (tertiary/aromatic N) is 2. The van der Waals surface area contributed by atoms with Crippen LogP contribution in [0.1, 0.15) is 41.6 Å². The number of imide groups is 1. The molecule has 1 aromatic rings. The van der Waals surface area contributed by atoms with Gasteiger partial charge in [-0.25, -0.2) is 0 Å². The van der Waals surface area contributed by atoms with Crippen molar-refractivity contribution in [1.29, 1.82) is 0 Å². The van der Waals surface area contributed by atoms with Gasteiger partial charge in [-0.15, -0.1) is 0 Å². The summed E-state index contributed by atoms with van der Waals surface area (Å²) in [6, 6.07) is 4.95. The molecule has 0 radical (unpaired) electrons. The molecule has 0 spiro atoms. The number of carbonyl (C=O) groups excluding carboxylic acids is 3. The zero-order valence-corrected chi connectivity index (χ0v) is 14.9. The molecule has 0 bridgehead atoms. The van der Waals surface area contributed by atoms with E-state index >= 15 is 0 Å². The van der Waals surface area contributed by atoms with Gasteiger partial charge in [-0.05, 0) is 56.6 Å². The number of fused-ring (bicyclic) bond motifs is 1. The monoisotopic (exact) mass is 357 g/mol. The van der Waals surface area contributed by atoms with E-state index in [1.807, 2.05) is 12.1 Å². The Balaban J connectivity index is 1.48. The summed E-state index contributed by atoms with van der Waals surface area (Å²) in [5, 5.41) is 2.32. The SMILES string of the molecule is CN1CCCC(Oc2ccc3c(c2)CN(C2CCC(=O)NC2=O)C3=O)C1. The van der Waals surface area contributed by atoms with Crippen molar-refractivity contribution in [3.63, 3.8) is 0 Å². The van der Waals surface area contributed by atoms with Gasteiger partial charge in [0.1, 0.15) is 17.9 Å². The van der Waals surface area contributed by atoms with Crippen molar-refractivity contribution in [3.8, 4) is 5.75 Å². The van der Waals surface area contributed by atoms with Crippen LogP contribution < -0.4 is 10.1 Å². The van der Waals surface area contributed by atoms with E-state index in [4.69, 9.17) is 4.74 Å². The number of likely N-dealkylation sites (N-methyl/N-ethyl adjacent to an activating group) is 1. The summed E-state index contributed by atoms with van der Waals surface area (Å²) in [7, 11) is 2.09. The average Bonchev–Trinajstić information content (AvgIpc) is 2.91. The molecule has 3 aliphatic rings. The molecule has 7 nitrogen and oxygen atoms in total. The van der Waals surface area contributed by atoms with Gasteiger partial charge in [-0.3, -0.25) is 19.7 Å². The number of ether oxygens (including phenoxy) is 1. The molecular formula is C19H23N3O4. The van der Waals surface area contributed by atoms with E-state index in [9.17, 15) is 14.4 Å². The van der Waals surface area contributed by atoms with Crippen molar-refractivity contribution >= 4 is 17.7 Å². The van der Waals surface area contributed by atoms with Gasteiger partial charge in [-0.2, -0.15) is 0 Å². The normalized spacial score (nSPS) is 26.7. The standard InChI is InChI=1S/C19H23N3O4/c1-21-8-2-3-14(11-21)26-13-4-5-15-12(9-13)10-22(19(15)25)16-6-7-17(23)20-18(16)24/h4-5,9,14,16H,2-3,6-8,10-11H2,1H3,(H,20,23,24). The van der Waals surface area contributed by atoms with E-state index in [-0.39, 0.29) is 30.2 Å². The number of benzene rings is 1. The van der Waals surface area contributed by atoms with Crippen LogP contribution in [0.2, 0.25) is 0 Å². The molecule has 1 aromatic carbocycles. The van der Waals surface area contributed by atoms with Gasteiger partial charge in [-0.1, -0.05) is 0 Å². The van der Waals surface area contributed by atoms with Crippen LogP contribution in [-0.2, 0) is 16.1 Å². The van der Waals surface area contributed by atoms with E-state index in [1.54, 1.807) is 11.0 Å². The minimum atomic E-state index is -0.580. The first-order valence-corrected chi connectivity index (χ1v) is 9.14. The van der Waals surface area contributed by atoms with Gasteiger partial charge < -0.3 is 14.5 Å². The molecule has 2 unspecified atom stereocenters. The fourth-order valence-corrected chi connectivity index (χ4v) is 4.03. The maximum absolute atomic E-state index is 12.7. The van der Waals surface area contributed by atoms with Gasteiger partial charge in [0.05, 0.1) is 0 Å². The third kappa shape index (κ3) is 3.19. The number of carbonyl (C=O) groups is 3. The van der Waals surface area contributed by atoms with E-state index in [0.717, 1.165) is 37.2 Å². The van der Waals surface area contributed by atoms with E-state index in [2.05, 4.69) is 17.3 Å². The van der Waals surface area contributed by atoms with Gasteiger partial charge >= 0.3 is 0 Å². The molecule has 7 heteroatoms. The lowest BCUT2D eigenvalue weighted by Crippen LogP contribution is -2.52. The highest BCUT2D eigenvalue weighted by Crippen LogP contribution is 2.30. The van der Waals surface area contributed by atoms with Crippen LogP contribution in [0.15, 0.2) is 18.2 Å². The Labute approximate surface area is 152 Å². The van der Waals surface area contributed by atoms with Crippen LogP contribution >= 0.6 is 0 Å². The molecule has 0 aliphatic carbocycles. The van der Waals surface area contributed by atoms with E-state index < -0.39 is 6.04 Å². The van der Waals surface area contributed by atoms with Crippen LogP contribution in [0.25, 0.3) is 0 Å². The van der Waals surface area contributed by atoms with E-state index in [0.29, 0.717) is 18.5 Å². The fraction of sp³-hybridized carbons (Fsp3) is 0.526. The maximum Gasteiger partial charge on any atom is 0.255 e. The molecule has 1 N–H and O–H groups in total. The Bertz CT molecular complexity index is 763. The Morgan fingerprint density at radius 1 is 1.19 bits per heavy atom. The predicted molar refractivity (Wildman–Crippen MR) is 93.6 cm³/mol. The average molecular weight is 357 g/mol. The molecule has 138 valence electrons. The van der Waals surface area contributed by atoms with Crippen molar-refractivity contribution in [3.05, 3.63) is 29.3 Å². The first-order valence-electron chi connectivity index (χ1n) is 9.14. The van der Waals surface area contributed by atoms with Crippen molar-refractivity contribution in [1.82, 2.24) is 15.1 Å². The summed E-state index contributed by atoms with van der Waals surface area (Å²) < 4.78 is 6.11. The van der Waals surface area contributed by atoms with Crippen molar-refractivity contribution in [2.24, 2.45) is 0 Å². The number of nitrogens with one attached hydrogen (secondary N) is 1. The lowest BCUT2D eigenvalue weighted by molar-refractivity contribution is -0.136. The highest BCUT2D eigenvalue weighted by molar-refractivity contribution is 6.05. The van der Waals surface area contributed by atoms with Crippen LogP contribution in [-0.4, -0.2) is 59.8 Å².